The van der Waals surface area contributed by atoms with Gasteiger partial charge in [0.25, 0.3) is 0 Å². The quantitative estimate of drug-likeness (QED) is 0.287. The summed E-state index contributed by atoms with van der Waals surface area (Å²) in [4.78, 5) is 8.33. The third-order valence-corrected chi connectivity index (χ3v) is 5.99. The average molecular weight is 437 g/mol. The summed E-state index contributed by atoms with van der Waals surface area (Å²) in [5.74, 6) is 0. The van der Waals surface area contributed by atoms with E-state index in [-0.39, 0.29) is 0 Å². The van der Waals surface area contributed by atoms with Crippen LogP contribution in [0.5, 0.6) is 0 Å². The maximum absolute atomic E-state index is 5.81. The molecule has 4 aromatic rings. The average Bonchev–Trinajstić information content (AvgIpc) is 3.22. The molecule has 0 saturated heterocycles. The van der Waals surface area contributed by atoms with Gasteiger partial charge in [-0.15, -0.1) is 0 Å². The van der Waals surface area contributed by atoms with Crippen LogP contribution in [0.2, 0.25) is 0 Å². The monoisotopic (exact) mass is 436 g/mol. The van der Waals surface area contributed by atoms with Crippen LogP contribution < -0.4 is 11.1 Å². The van der Waals surface area contributed by atoms with Gasteiger partial charge in [0.2, 0.25) is 0 Å². The van der Waals surface area contributed by atoms with Crippen LogP contribution in [-0.4, -0.2) is 16.5 Å². The number of hydrogen-bond donors (Lipinski definition) is 3. The third kappa shape index (κ3) is 4.62. The van der Waals surface area contributed by atoms with Crippen LogP contribution in [0.25, 0.3) is 33.2 Å². The third-order valence-electron chi connectivity index (χ3n) is 5.99. The van der Waals surface area contributed by atoms with Crippen LogP contribution in [0.15, 0.2) is 73.4 Å². The molecule has 0 aliphatic rings. The molecule has 0 bridgehead atoms. The summed E-state index contributed by atoms with van der Waals surface area (Å²) >= 11 is 0. The number of rotatable bonds is 8. The Morgan fingerprint density at radius 2 is 1.88 bits per heavy atom. The second kappa shape index (κ2) is 9.88. The minimum absolute atomic E-state index is 0.548. The number of nitrogens with zero attached hydrogens (tertiary/aromatic N) is 1. The van der Waals surface area contributed by atoms with Crippen molar-refractivity contribution < 1.29 is 0 Å². The zero-order chi connectivity index (χ0) is 23.4. The van der Waals surface area contributed by atoms with E-state index in [1.54, 1.807) is 0 Å². The number of aromatic nitrogens is 2. The summed E-state index contributed by atoms with van der Waals surface area (Å²) in [6.07, 6.45) is 2.98. The van der Waals surface area contributed by atoms with Gasteiger partial charge in [0.05, 0.1) is 5.69 Å². The number of benzene rings is 2. The van der Waals surface area contributed by atoms with Crippen molar-refractivity contribution in [2.45, 2.75) is 33.7 Å². The molecule has 0 amide bonds. The smallest absolute Gasteiger partial charge is 0.0705 e. The Morgan fingerprint density at radius 1 is 1.09 bits per heavy atom. The maximum Gasteiger partial charge on any atom is 0.0705 e. The number of aromatic amines is 1. The number of allylic oxidation sites excluding steroid dienone is 2. The van der Waals surface area contributed by atoms with Crippen LogP contribution >= 0.6 is 0 Å². The maximum atomic E-state index is 5.81. The molecule has 0 aliphatic carbocycles. The fraction of sp³-hybridized carbons (Fsp3) is 0.207. The fourth-order valence-electron chi connectivity index (χ4n) is 4.22. The van der Waals surface area contributed by atoms with Crippen LogP contribution in [0.1, 0.15) is 42.1 Å². The number of nitrogens with two attached hydrogens (primary N) is 1. The molecule has 2 aromatic heterocycles. The van der Waals surface area contributed by atoms with E-state index in [4.69, 9.17) is 10.7 Å². The van der Waals surface area contributed by atoms with Crippen molar-refractivity contribution in [1.82, 2.24) is 15.3 Å². The van der Waals surface area contributed by atoms with E-state index in [2.05, 4.69) is 79.4 Å². The molecule has 4 rings (SSSR count). The summed E-state index contributed by atoms with van der Waals surface area (Å²) in [5.41, 5.74) is 16.7. The first kappa shape index (κ1) is 22.6. The van der Waals surface area contributed by atoms with Crippen molar-refractivity contribution in [3.8, 4) is 11.1 Å². The Morgan fingerprint density at radius 3 is 2.55 bits per heavy atom. The van der Waals surface area contributed by atoms with Gasteiger partial charge in [-0.2, -0.15) is 0 Å². The van der Waals surface area contributed by atoms with Gasteiger partial charge in [0.1, 0.15) is 0 Å². The molecule has 0 atom stereocenters. The molecule has 0 unspecified atom stereocenters. The van der Waals surface area contributed by atoms with E-state index in [9.17, 15) is 0 Å². The van der Waals surface area contributed by atoms with Crippen molar-refractivity contribution in [2.24, 2.45) is 5.73 Å². The molecule has 4 nitrogen and oxygen atoms in total. The molecule has 2 heterocycles. The van der Waals surface area contributed by atoms with Crippen molar-refractivity contribution in [1.29, 1.82) is 0 Å². The predicted molar refractivity (Wildman–Crippen MR) is 141 cm³/mol. The highest BCUT2D eigenvalue weighted by Gasteiger charge is 2.16. The molecule has 33 heavy (non-hydrogen) atoms. The predicted octanol–water partition coefficient (Wildman–Crippen LogP) is 6.22. The number of H-pyrrole nitrogens is 1. The van der Waals surface area contributed by atoms with Crippen LogP contribution in [0.4, 0.5) is 0 Å². The van der Waals surface area contributed by atoms with Gasteiger partial charge in [-0.25, -0.2) is 0 Å². The SMILES string of the molecule is C=C(/C(=C\NCC)c1ccc2[nH]c(CC)c(-c3ccc(CN)cc3)c2c1)c1cccc(C)n1. The van der Waals surface area contributed by atoms with Gasteiger partial charge < -0.3 is 16.0 Å². The van der Waals surface area contributed by atoms with Crippen molar-refractivity contribution in [3.63, 3.8) is 0 Å². The standard InChI is InChI=1S/C29H32N4/c1-5-26-29(22-12-10-21(17-30)11-13-22)24-16-23(14-15-28(24)33-26)25(18-31-6-2)20(4)27-9-7-8-19(3)32-27/h7-16,18,31,33H,4-6,17,30H2,1-3H3/b25-18+. The molecule has 0 spiro atoms. The van der Waals surface area contributed by atoms with Gasteiger partial charge in [-0.3, -0.25) is 4.98 Å². The minimum Gasteiger partial charge on any atom is -0.391 e. The first-order valence-electron chi connectivity index (χ1n) is 11.6. The Hall–Kier alpha value is -3.63. The molecule has 168 valence electrons. The van der Waals surface area contributed by atoms with Gasteiger partial charge in [0.15, 0.2) is 0 Å². The number of fused-ring (bicyclic) bond motifs is 1. The lowest BCUT2D eigenvalue weighted by molar-refractivity contribution is 0.922. The van der Waals surface area contributed by atoms with Crippen molar-refractivity contribution in [3.05, 3.63) is 102 Å². The summed E-state index contributed by atoms with van der Waals surface area (Å²) in [5, 5.41) is 4.57. The Bertz CT molecular complexity index is 1310. The van der Waals surface area contributed by atoms with E-state index in [0.29, 0.717) is 6.54 Å². The van der Waals surface area contributed by atoms with E-state index in [0.717, 1.165) is 52.1 Å². The van der Waals surface area contributed by atoms with Crippen LogP contribution in [0, 0.1) is 6.92 Å². The first-order chi connectivity index (χ1) is 16.0. The van der Waals surface area contributed by atoms with Gasteiger partial charge in [0, 0.05) is 58.3 Å². The molecule has 4 heteroatoms. The number of hydrogen-bond acceptors (Lipinski definition) is 3. The molecular weight excluding hydrogens is 404 g/mol. The number of pyridine rings is 1. The van der Waals surface area contributed by atoms with Gasteiger partial charge >= 0.3 is 0 Å². The fourth-order valence-corrected chi connectivity index (χ4v) is 4.22. The summed E-state index contributed by atoms with van der Waals surface area (Å²) in [7, 11) is 0. The second-order valence-electron chi connectivity index (χ2n) is 8.25. The second-order valence-corrected chi connectivity index (χ2v) is 8.25. The normalized spacial score (nSPS) is 11.7. The van der Waals surface area contributed by atoms with Crippen molar-refractivity contribution >= 4 is 22.0 Å². The molecule has 0 radical (unpaired) electrons. The number of nitrogens with one attached hydrogen (secondary N) is 2. The zero-order valence-corrected chi connectivity index (χ0v) is 19.7. The molecule has 2 aromatic carbocycles. The molecule has 0 fully saturated rings. The Labute approximate surface area is 196 Å². The molecule has 0 aliphatic heterocycles. The molecule has 4 N–H and O–H groups in total. The first-order valence-corrected chi connectivity index (χ1v) is 11.6. The van der Waals surface area contributed by atoms with Crippen molar-refractivity contribution in [2.75, 3.05) is 6.54 Å². The number of aryl methyl sites for hydroxylation is 2. The lowest BCUT2D eigenvalue weighted by Crippen LogP contribution is -2.05. The van der Waals surface area contributed by atoms with Gasteiger partial charge in [-0.05, 0) is 61.2 Å². The van der Waals surface area contributed by atoms with E-state index in [1.807, 2.05) is 25.1 Å². The zero-order valence-electron chi connectivity index (χ0n) is 19.7. The highest BCUT2D eigenvalue weighted by molar-refractivity contribution is 6.06. The minimum atomic E-state index is 0.548. The molecule has 0 saturated carbocycles. The Kier molecular flexibility index (Phi) is 6.76. The molecular formula is C29H32N4. The largest absolute Gasteiger partial charge is 0.391 e. The van der Waals surface area contributed by atoms with Gasteiger partial charge in [-0.1, -0.05) is 49.9 Å². The topological polar surface area (TPSA) is 66.7 Å². The summed E-state index contributed by atoms with van der Waals surface area (Å²) in [6.45, 7) is 12.1. The highest BCUT2D eigenvalue weighted by Crippen LogP contribution is 2.37. The summed E-state index contributed by atoms with van der Waals surface area (Å²) in [6, 6.07) is 21.2. The highest BCUT2D eigenvalue weighted by atomic mass is 14.8. The van der Waals surface area contributed by atoms with E-state index >= 15 is 0 Å². The summed E-state index contributed by atoms with van der Waals surface area (Å²) < 4.78 is 0. The van der Waals surface area contributed by atoms with E-state index < -0.39 is 0 Å². The van der Waals surface area contributed by atoms with E-state index in [1.165, 1.54) is 22.2 Å². The van der Waals surface area contributed by atoms with Crippen LogP contribution in [0.3, 0.4) is 0 Å². The Balaban J connectivity index is 1.86. The lowest BCUT2D eigenvalue weighted by Gasteiger charge is -2.13. The lowest BCUT2D eigenvalue weighted by atomic mass is 9.93. The van der Waals surface area contributed by atoms with Crippen LogP contribution in [-0.2, 0) is 13.0 Å².